The molecule has 8 heteroatoms. The zero-order chi connectivity index (χ0) is 22.7. The molecule has 0 aromatic heterocycles. The van der Waals surface area contributed by atoms with Crippen LogP contribution in [-0.4, -0.2) is 52.7 Å². The van der Waals surface area contributed by atoms with Gasteiger partial charge in [0.25, 0.3) is 5.91 Å². The van der Waals surface area contributed by atoms with Gasteiger partial charge in [0.05, 0.1) is 0 Å². The van der Waals surface area contributed by atoms with Crippen molar-refractivity contribution in [2.45, 2.75) is 44.3 Å². The van der Waals surface area contributed by atoms with Gasteiger partial charge in [0.2, 0.25) is 11.8 Å². The summed E-state index contributed by atoms with van der Waals surface area (Å²) in [6.07, 6.45) is 1.87. The van der Waals surface area contributed by atoms with E-state index in [-0.39, 0.29) is 29.3 Å². The lowest BCUT2D eigenvalue weighted by Crippen LogP contribution is -2.53. The molecule has 2 aromatic rings. The van der Waals surface area contributed by atoms with E-state index in [1.165, 1.54) is 6.07 Å². The van der Waals surface area contributed by atoms with Gasteiger partial charge in [0.15, 0.2) is 11.6 Å². The van der Waals surface area contributed by atoms with Crippen molar-refractivity contribution in [1.82, 2.24) is 15.1 Å². The second-order valence-electron chi connectivity index (χ2n) is 8.21. The Hall–Kier alpha value is -3.29. The lowest BCUT2D eigenvalue weighted by molar-refractivity contribution is -0.138. The topological polar surface area (TPSA) is 69.7 Å². The Balaban J connectivity index is 1.35. The number of nitrogens with zero attached hydrogens (tertiary/aromatic N) is 2. The van der Waals surface area contributed by atoms with Crippen LogP contribution in [0.25, 0.3) is 0 Å². The highest BCUT2D eigenvalue weighted by Crippen LogP contribution is 2.28. The quantitative estimate of drug-likeness (QED) is 0.776. The number of nitrogens with one attached hydrogen (secondary N) is 1. The van der Waals surface area contributed by atoms with E-state index >= 15 is 0 Å². The molecule has 0 radical (unpaired) electrons. The number of piperidine rings is 1. The summed E-state index contributed by atoms with van der Waals surface area (Å²) in [5.41, 5.74) is 1.08. The fraction of sp³-hybridized carbons (Fsp3) is 0.375. The number of benzene rings is 2. The summed E-state index contributed by atoms with van der Waals surface area (Å²) in [7, 11) is 0. The monoisotopic (exact) mass is 441 g/mol. The second-order valence-corrected chi connectivity index (χ2v) is 8.21. The first-order valence-electron chi connectivity index (χ1n) is 10.8. The Labute approximate surface area is 185 Å². The van der Waals surface area contributed by atoms with Crippen LogP contribution in [0.4, 0.5) is 8.78 Å². The van der Waals surface area contributed by atoms with E-state index in [9.17, 15) is 23.2 Å². The van der Waals surface area contributed by atoms with Crippen molar-refractivity contribution in [3.05, 3.63) is 71.3 Å². The Morgan fingerprint density at radius 1 is 0.969 bits per heavy atom. The summed E-state index contributed by atoms with van der Waals surface area (Å²) in [6, 6.07) is 12.0. The zero-order valence-corrected chi connectivity index (χ0v) is 17.6. The standard InChI is InChI=1S/C24H25F2N3O3/c25-19-7-6-17(14-20(19)26)24(32)28-12-10-18(11-13-28)29-21(8-9-22(29)30)23(31)27-15-16-4-2-1-3-5-16/h1-7,14,18,21H,8-13,15H2,(H,27,31). The van der Waals surface area contributed by atoms with Gasteiger partial charge in [0.1, 0.15) is 6.04 Å². The number of carbonyl (C=O) groups is 3. The number of hydrogen-bond acceptors (Lipinski definition) is 3. The van der Waals surface area contributed by atoms with Gasteiger partial charge in [-0.2, -0.15) is 0 Å². The summed E-state index contributed by atoms with van der Waals surface area (Å²) in [6.45, 7) is 1.16. The average molecular weight is 441 g/mol. The van der Waals surface area contributed by atoms with Crippen molar-refractivity contribution in [2.75, 3.05) is 13.1 Å². The highest BCUT2D eigenvalue weighted by atomic mass is 19.2. The minimum atomic E-state index is -1.06. The highest BCUT2D eigenvalue weighted by Gasteiger charge is 2.41. The fourth-order valence-corrected chi connectivity index (χ4v) is 4.48. The molecule has 1 N–H and O–H groups in total. The molecule has 168 valence electrons. The van der Waals surface area contributed by atoms with Crippen molar-refractivity contribution in [3.63, 3.8) is 0 Å². The summed E-state index contributed by atoms with van der Waals surface area (Å²) in [5.74, 6) is -2.63. The first kappa shape index (κ1) is 21.9. The minimum absolute atomic E-state index is 0.0461. The summed E-state index contributed by atoms with van der Waals surface area (Å²) < 4.78 is 26.6. The van der Waals surface area contributed by atoms with E-state index in [4.69, 9.17) is 0 Å². The van der Waals surface area contributed by atoms with Crippen molar-refractivity contribution in [1.29, 1.82) is 0 Å². The third-order valence-corrected chi connectivity index (χ3v) is 6.18. The molecule has 1 unspecified atom stereocenters. The normalized spacial score (nSPS) is 19.3. The molecule has 4 rings (SSSR count). The van der Waals surface area contributed by atoms with Gasteiger partial charge in [-0.15, -0.1) is 0 Å². The van der Waals surface area contributed by atoms with Gasteiger partial charge in [-0.05, 0) is 43.0 Å². The summed E-state index contributed by atoms with van der Waals surface area (Å²) >= 11 is 0. The van der Waals surface area contributed by atoms with Gasteiger partial charge in [-0.3, -0.25) is 14.4 Å². The predicted octanol–water partition coefficient (Wildman–Crippen LogP) is 2.88. The molecule has 1 atom stereocenters. The largest absolute Gasteiger partial charge is 0.350 e. The van der Waals surface area contributed by atoms with Crippen LogP contribution in [0.15, 0.2) is 48.5 Å². The summed E-state index contributed by atoms with van der Waals surface area (Å²) in [4.78, 5) is 41.3. The molecule has 0 spiro atoms. The van der Waals surface area contributed by atoms with Crippen LogP contribution in [-0.2, 0) is 16.1 Å². The molecule has 0 bridgehead atoms. The molecule has 0 saturated carbocycles. The van der Waals surface area contributed by atoms with E-state index < -0.39 is 17.7 Å². The number of hydrogen-bond donors (Lipinski definition) is 1. The molecule has 32 heavy (non-hydrogen) atoms. The minimum Gasteiger partial charge on any atom is -0.350 e. The maximum Gasteiger partial charge on any atom is 0.253 e. The van der Waals surface area contributed by atoms with Crippen LogP contribution < -0.4 is 5.32 Å². The van der Waals surface area contributed by atoms with Gasteiger partial charge >= 0.3 is 0 Å². The van der Waals surface area contributed by atoms with Gasteiger partial charge < -0.3 is 15.1 Å². The van der Waals surface area contributed by atoms with Gasteiger partial charge in [-0.1, -0.05) is 30.3 Å². The first-order valence-corrected chi connectivity index (χ1v) is 10.8. The molecule has 0 aliphatic carbocycles. The lowest BCUT2D eigenvalue weighted by Gasteiger charge is -2.39. The Kier molecular flexibility index (Phi) is 6.48. The van der Waals surface area contributed by atoms with E-state index in [2.05, 4.69) is 5.32 Å². The molecule has 2 aromatic carbocycles. The molecule has 6 nitrogen and oxygen atoms in total. The van der Waals surface area contributed by atoms with E-state index in [1.54, 1.807) is 9.80 Å². The molecule has 2 aliphatic rings. The van der Waals surface area contributed by atoms with Crippen LogP contribution in [0.5, 0.6) is 0 Å². The SMILES string of the molecule is O=C(NCc1ccccc1)C1CCC(=O)N1C1CCN(C(=O)c2ccc(F)c(F)c2)CC1. The maximum absolute atomic E-state index is 13.5. The number of carbonyl (C=O) groups excluding carboxylic acids is 3. The third kappa shape index (κ3) is 4.64. The molecular formula is C24H25F2N3O3. The number of halogens is 2. The van der Waals surface area contributed by atoms with E-state index in [1.807, 2.05) is 30.3 Å². The zero-order valence-electron chi connectivity index (χ0n) is 17.6. The second kappa shape index (κ2) is 9.46. The predicted molar refractivity (Wildman–Crippen MR) is 113 cm³/mol. The molecule has 2 aliphatic heterocycles. The highest BCUT2D eigenvalue weighted by molar-refractivity contribution is 5.94. The molecule has 2 fully saturated rings. The Morgan fingerprint density at radius 3 is 2.38 bits per heavy atom. The molecule has 2 heterocycles. The van der Waals surface area contributed by atoms with Gasteiger partial charge in [0, 0.05) is 37.7 Å². The average Bonchev–Trinajstić information content (AvgIpc) is 3.21. The smallest absolute Gasteiger partial charge is 0.253 e. The number of likely N-dealkylation sites (tertiary alicyclic amines) is 2. The molecule has 2 saturated heterocycles. The number of rotatable bonds is 5. The van der Waals surface area contributed by atoms with E-state index in [0.29, 0.717) is 45.3 Å². The van der Waals surface area contributed by atoms with Crippen LogP contribution in [0.3, 0.4) is 0 Å². The fourth-order valence-electron chi connectivity index (χ4n) is 4.48. The van der Waals surface area contributed by atoms with E-state index in [0.717, 1.165) is 17.7 Å². The van der Waals surface area contributed by atoms with Crippen molar-refractivity contribution in [3.8, 4) is 0 Å². The number of amides is 3. The Morgan fingerprint density at radius 2 is 1.69 bits per heavy atom. The lowest BCUT2D eigenvalue weighted by atomic mass is 10.0. The third-order valence-electron chi connectivity index (χ3n) is 6.18. The van der Waals surface area contributed by atoms with Crippen LogP contribution in [0.2, 0.25) is 0 Å². The van der Waals surface area contributed by atoms with Crippen LogP contribution in [0.1, 0.15) is 41.6 Å². The maximum atomic E-state index is 13.5. The molecular weight excluding hydrogens is 416 g/mol. The Bertz CT molecular complexity index is 1010. The van der Waals surface area contributed by atoms with Crippen molar-refractivity contribution in [2.24, 2.45) is 0 Å². The van der Waals surface area contributed by atoms with Crippen LogP contribution >= 0.6 is 0 Å². The first-order chi connectivity index (χ1) is 15.4. The summed E-state index contributed by atoms with van der Waals surface area (Å²) in [5, 5.41) is 2.93. The van der Waals surface area contributed by atoms with Gasteiger partial charge in [-0.25, -0.2) is 8.78 Å². The molecule has 3 amide bonds. The van der Waals surface area contributed by atoms with Crippen molar-refractivity contribution < 1.29 is 23.2 Å². The van der Waals surface area contributed by atoms with Crippen LogP contribution in [0, 0.1) is 11.6 Å². The van der Waals surface area contributed by atoms with Crippen molar-refractivity contribution >= 4 is 17.7 Å².